The third-order valence-electron chi connectivity index (χ3n) is 7.47. The summed E-state index contributed by atoms with van der Waals surface area (Å²) in [4.78, 5) is 39.7. The van der Waals surface area contributed by atoms with Crippen LogP contribution in [-0.2, 0) is 14.8 Å². The molecule has 2 aromatic rings. The molecule has 2 amide bonds. The van der Waals surface area contributed by atoms with Crippen LogP contribution < -0.4 is 16.8 Å². The third-order valence-corrected chi connectivity index (χ3v) is 8.78. The average Bonchev–Trinajstić information content (AvgIpc) is 3.34. The van der Waals surface area contributed by atoms with E-state index in [1.54, 1.807) is 29.2 Å². The maximum Gasteiger partial charge on any atom is 0.335 e. The number of sulfonamides is 1. The van der Waals surface area contributed by atoms with Gasteiger partial charge in [-0.3, -0.25) is 9.59 Å². The van der Waals surface area contributed by atoms with Crippen LogP contribution in [0.5, 0.6) is 0 Å². The molecule has 2 aromatic carbocycles. The predicted octanol–water partition coefficient (Wildman–Crippen LogP) is 1.44. The summed E-state index contributed by atoms with van der Waals surface area (Å²) in [6.07, 6.45) is 2.30. The minimum absolute atomic E-state index is 0.0301. The van der Waals surface area contributed by atoms with Crippen molar-refractivity contribution in [1.82, 2.24) is 9.21 Å². The van der Waals surface area contributed by atoms with E-state index < -0.39 is 28.2 Å². The highest BCUT2D eigenvalue weighted by Gasteiger charge is 2.43. The molecule has 0 spiro atoms. The minimum atomic E-state index is -3.26. The Labute approximate surface area is 221 Å². The number of carboxylic acid groups (broad SMARTS) is 1. The summed E-state index contributed by atoms with van der Waals surface area (Å²) in [5.74, 6) is -1.52. The van der Waals surface area contributed by atoms with Crippen LogP contribution in [0.2, 0.25) is 0 Å². The lowest BCUT2D eigenvalue weighted by Gasteiger charge is -2.33. The van der Waals surface area contributed by atoms with Crippen molar-refractivity contribution in [3.05, 3.63) is 65.2 Å². The number of nitrogens with one attached hydrogen (secondary N) is 1. The molecule has 0 radical (unpaired) electrons. The van der Waals surface area contributed by atoms with Gasteiger partial charge in [-0.25, -0.2) is 17.5 Å². The molecule has 0 aliphatic carbocycles. The van der Waals surface area contributed by atoms with Crippen molar-refractivity contribution < 1.29 is 27.9 Å². The van der Waals surface area contributed by atoms with E-state index in [1.807, 2.05) is 0 Å². The summed E-state index contributed by atoms with van der Waals surface area (Å²) < 4.78 is 25.3. The number of aromatic carboxylic acids is 1. The molecule has 0 bridgehead atoms. The van der Waals surface area contributed by atoms with Crippen LogP contribution in [0.25, 0.3) is 0 Å². The first-order valence-electron chi connectivity index (χ1n) is 12.5. The van der Waals surface area contributed by atoms with Gasteiger partial charge in [0.1, 0.15) is 6.04 Å². The zero-order chi connectivity index (χ0) is 27.6. The third kappa shape index (κ3) is 6.21. The number of carbonyl (C=O) groups excluding carboxylic acids is 2. The van der Waals surface area contributed by atoms with Crippen LogP contribution in [0.4, 0.5) is 5.69 Å². The maximum atomic E-state index is 13.6. The van der Waals surface area contributed by atoms with Gasteiger partial charge >= 0.3 is 5.97 Å². The Morgan fingerprint density at radius 3 is 2.05 bits per heavy atom. The predicted molar refractivity (Wildman–Crippen MR) is 142 cm³/mol. The smallest absolute Gasteiger partial charge is 0.335 e. The average molecular weight is 544 g/mol. The molecule has 38 heavy (non-hydrogen) atoms. The Bertz CT molecular complexity index is 1290. The highest BCUT2D eigenvalue weighted by molar-refractivity contribution is 7.88. The molecule has 2 atom stereocenters. The SMILES string of the molecule is CS(=O)(=O)N1CCC([C@H]2C[C@@H](C(=O)Nc3ccc(C(=O)O)cc3)N(C(=O)c3ccc(C(N)N)cc3)C2)CC1. The summed E-state index contributed by atoms with van der Waals surface area (Å²) in [5.41, 5.74) is 13.0. The lowest BCUT2D eigenvalue weighted by molar-refractivity contribution is -0.119. The van der Waals surface area contributed by atoms with Gasteiger partial charge in [0, 0.05) is 30.9 Å². The molecule has 6 N–H and O–H groups in total. The number of hydrogen-bond donors (Lipinski definition) is 4. The van der Waals surface area contributed by atoms with Gasteiger partial charge in [-0.2, -0.15) is 0 Å². The first-order chi connectivity index (χ1) is 17.9. The Balaban J connectivity index is 1.53. The summed E-state index contributed by atoms with van der Waals surface area (Å²) >= 11 is 0. The van der Waals surface area contributed by atoms with Gasteiger partial charge in [-0.15, -0.1) is 0 Å². The lowest BCUT2D eigenvalue weighted by Crippen LogP contribution is -2.43. The van der Waals surface area contributed by atoms with Crippen molar-refractivity contribution in [2.24, 2.45) is 23.3 Å². The second kappa shape index (κ2) is 11.2. The first-order valence-corrected chi connectivity index (χ1v) is 14.3. The number of anilines is 1. The summed E-state index contributed by atoms with van der Waals surface area (Å²) in [7, 11) is -3.26. The Kier molecular flexibility index (Phi) is 8.16. The van der Waals surface area contributed by atoms with E-state index in [0.717, 1.165) is 0 Å². The summed E-state index contributed by atoms with van der Waals surface area (Å²) in [6.45, 7) is 1.21. The maximum absolute atomic E-state index is 13.6. The van der Waals surface area contributed by atoms with E-state index in [2.05, 4.69) is 5.32 Å². The van der Waals surface area contributed by atoms with Crippen molar-refractivity contribution >= 4 is 33.5 Å². The summed E-state index contributed by atoms with van der Waals surface area (Å²) in [6, 6.07) is 11.7. The number of benzene rings is 2. The molecule has 12 heteroatoms. The number of nitrogens with zero attached hydrogens (tertiary/aromatic N) is 2. The molecule has 2 aliphatic heterocycles. The van der Waals surface area contributed by atoms with Gasteiger partial charge in [-0.1, -0.05) is 12.1 Å². The normalized spacial score (nSPS) is 21.0. The second-order valence-corrected chi connectivity index (χ2v) is 12.0. The van der Waals surface area contributed by atoms with Gasteiger partial charge in [0.15, 0.2) is 0 Å². The van der Waals surface area contributed by atoms with Crippen LogP contribution in [0, 0.1) is 11.8 Å². The van der Waals surface area contributed by atoms with Crippen LogP contribution in [0.15, 0.2) is 48.5 Å². The standard InChI is InChI=1S/C26H33N5O6S/c1-38(36,37)30-12-10-16(11-13-30)20-14-22(24(32)29-21-8-6-19(7-9-21)26(34)35)31(15-20)25(33)18-4-2-17(3-5-18)23(27)28/h2-9,16,20,22-23H,10-15,27-28H2,1H3,(H,29,32)(H,34,35)/t20-,22-/m0/s1. The molecule has 2 aliphatic rings. The van der Waals surface area contributed by atoms with E-state index in [0.29, 0.717) is 55.7 Å². The fourth-order valence-corrected chi connectivity index (χ4v) is 6.17. The highest BCUT2D eigenvalue weighted by atomic mass is 32.2. The number of likely N-dealkylation sites (tertiary alicyclic amines) is 1. The van der Waals surface area contributed by atoms with Crippen molar-refractivity contribution in [3.63, 3.8) is 0 Å². The fourth-order valence-electron chi connectivity index (χ4n) is 5.30. The zero-order valence-corrected chi connectivity index (χ0v) is 21.9. The van der Waals surface area contributed by atoms with Gasteiger partial charge in [0.05, 0.1) is 18.0 Å². The monoisotopic (exact) mass is 543 g/mol. The van der Waals surface area contributed by atoms with Gasteiger partial charge in [0.25, 0.3) is 5.91 Å². The van der Waals surface area contributed by atoms with E-state index in [9.17, 15) is 22.8 Å². The first kappa shape index (κ1) is 27.7. The topological polar surface area (TPSA) is 176 Å². The molecule has 2 heterocycles. The Hall–Kier alpha value is -3.32. The molecule has 4 rings (SSSR count). The van der Waals surface area contributed by atoms with Crippen molar-refractivity contribution in [2.45, 2.75) is 31.5 Å². The van der Waals surface area contributed by atoms with Gasteiger partial charge in [0.2, 0.25) is 15.9 Å². The molecule has 11 nitrogen and oxygen atoms in total. The number of nitrogens with two attached hydrogens (primary N) is 2. The molecule has 0 saturated carbocycles. The number of amides is 2. The van der Waals surface area contributed by atoms with Crippen molar-refractivity contribution in [3.8, 4) is 0 Å². The van der Waals surface area contributed by atoms with Crippen LogP contribution in [0.3, 0.4) is 0 Å². The van der Waals surface area contributed by atoms with Crippen LogP contribution >= 0.6 is 0 Å². The number of hydrogen-bond acceptors (Lipinski definition) is 7. The second-order valence-electron chi connectivity index (χ2n) is 9.99. The quantitative estimate of drug-likeness (QED) is 0.379. The fraction of sp³-hybridized carbons (Fsp3) is 0.423. The highest BCUT2D eigenvalue weighted by Crippen LogP contribution is 2.36. The van der Waals surface area contributed by atoms with E-state index in [1.165, 1.54) is 34.8 Å². The minimum Gasteiger partial charge on any atom is -0.478 e. The molecule has 2 fully saturated rings. The molecule has 2 saturated heterocycles. The number of piperidine rings is 1. The van der Waals surface area contributed by atoms with E-state index in [4.69, 9.17) is 16.6 Å². The molecule has 0 unspecified atom stereocenters. The number of carboxylic acids is 1. The number of rotatable bonds is 7. The molecular formula is C26H33N5O6S. The largest absolute Gasteiger partial charge is 0.478 e. The summed E-state index contributed by atoms with van der Waals surface area (Å²) in [5, 5.41) is 11.9. The van der Waals surface area contributed by atoms with Gasteiger partial charge < -0.3 is 26.8 Å². The van der Waals surface area contributed by atoms with E-state index in [-0.39, 0.29) is 29.2 Å². The molecular weight excluding hydrogens is 510 g/mol. The van der Waals surface area contributed by atoms with Crippen LogP contribution in [-0.4, -0.2) is 72.4 Å². The number of carbonyl (C=O) groups is 3. The van der Waals surface area contributed by atoms with Gasteiger partial charge in [-0.05, 0) is 73.1 Å². The van der Waals surface area contributed by atoms with Crippen molar-refractivity contribution in [1.29, 1.82) is 0 Å². The lowest BCUT2D eigenvalue weighted by atomic mass is 9.83. The zero-order valence-electron chi connectivity index (χ0n) is 21.1. The molecule has 0 aromatic heterocycles. The van der Waals surface area contributed by atoms with Crippen LogP contribution in [0.1, 0.15) is 51.7 Å². The Morgan fingerprint density at radius 1 is 0.947 bits per heavy atom. The van der Waals surface area contributed by atoms with Crippen molar-refractivity contribution in [2.75, 3.05) is 31.2 Å². The van der Waals surface area contributed by atoms with E-state index >= 15 is 0 Å². The Morgan fingerprint density at radius 2 is 1.53 bits per heavy atom. The molecule has 204 valence electrons.